The van der Waals surface area contributed by atoms with Crippen molar-refractivity contribution >= 4 is 0 Å². The van der Waals surface area contributed by atoms with E-state index < -0.39 is 4.69 Å². The van der Waals surface area contributed by atoms with Crippen molar-refractivity contribution in [3.63, 3.8) is 0 Å². The topological polar surface area (TPSA) is 53.5 Å². The van der Waals surface area contributed by atoms with Crippen LogP contribution in [0.1, 0.15) is 57.1 Å². The molecule has 0 atom stereocenters. The summed E-state index contributed by atoms with van der Waals surface area (Å²) in [6.45, 7) is 10.4. The van der Waals surface area contributed by atoms with Crippen molar-refractivity contribution < 1.29 is 15.0 Å². The first-order valence-electron chi connectivity index (χ1n) is 10.7. The van der Waals surface area contributed by atoms with Crippen molar-refractivity contribution in [3.8, 4) is 0 Å². The summed E-state index contributed by atoms with van der Waals surface area (Å²) in [5.41, 5.74) is 3.26. The quantitative estimate of drug-likeness (QED) is 0.302. The standard InChI is InChI=1S/C19H27N6.C4H5.Mn/c1-4-7-16-10-13-23(20-16)19(24-14-11-17(21-24)8-5-2)25-15-12-18(22-25)9-6-3;1-3-4-2;/h10-15H,4-9H2,1-3H3;1,3-4H,2H2;. The van der Waals surface area contributed by atoms with E-state index in [0.29, 0.717) is 0 Å². The van der Waals surface area contributed by atoms with E-state index >= 15 is 0 Å². The van der Waals surface area contributed by atoms with Gasteiger partial charge in [-0.1, -0.05) is 0 Å². The van der Waals surface area contributed by atoms with Crippen molar-refractivity contribution in [2.75, 3.05) is 0 Å². The average Bonchev–Trinajstić information content (AvgIpc) is 3.49. The van der Waals surface area contributed by atoms with Crippen molar-refractivity contribution in [1.29, 1.82) is 0 Å². The Morgan fingerprint density at radius 3 is 1.53 bits per heavy atom. The van der Waals surface area contributed by atoms with Gasteiger partial charge in [0.25, 0.3) is 0 Å². The van der Waals surface area contributed by atoms with Gasteiger partial charge in [-0.05, 0) is 0 Å². The molecule has 0 fully saturated rings. The predicted octanol–water partition coefficient (Wildman–Crippen LogP) is 4.58. The Labute approximate surface area is 185 Å². The zero-order valence-electron chi connectivity index (χ0n) is 18.2. The Hall–Kier alpha value is -2.37. The Bertz CT molecular complexity index is 856. The molecule has 0 saturated heterocycles. The van der Waals surface area contributed by atoms with E-state index in [1.807, 2.05) is 20.1 Å². The maximum atomic E-state index is 4.96. The number of hydrogen-bond acceptors (Lipinski definition) is 3. The summed E-state index contributed by atoms with van der Waals surface area (Å²) in [4.78, 5) is 2.14. The fraction of sp³-hybridized carbons (Fsp3) is 0.435. The van der Waals surface area contributed by atoms with Gasteiger partial charge in [0.2, 0.25) is 0 Å². The Kier molecular flexibility index (Phi) is 7.88. The fourth-order valence-corrected chi connectivity index (χ4v) is 4.81. The van der Waals surface area contributed by atoms with Crippen LogP contribution in [0.25, 0.3) is 0 Å². The van der Waals surface area contributed by atoms with E-state index in [9.17, 15) is 0 Å². The van der Waals surface area contributed by atoms with Crippen LogP contribution in [0.2, 0.25) is 0 Å². The van der Waals surface area contributed by atoms with Crippen molar-refractivity contribution in [2.24, 2.45) is 0 Å². The van der Waals surface area contributed by atoms with Gasteiger partial charge >= 0.3 is 186 Å². The predicted molar refractivity (Wildman–Crippen MR) is 117 cm³/mol. The summed E-state index contributed by atoms with van der Waals surface area (Å²) in [5, 5.41) is 14.9. The van der Waals surface area contributed by atoms with Crippen LogP contribution in [0.4, 0.5) is 0 Å². The number of nitrogens with zero attached hydrogens (tertiary/aromatic N) is 6. The van der Waals surface area contributed by atoms with Crippen LogP contribution >= 0.6 is 0 Å². The summed E-state index contributed by atoms with van der Waals surface area (Å²) in [6.07, 6.45) is 16.0. The molecule has 0 spiro atoms. The van der Waals surface area contributed by atoms with Crippen LogP contribution in [-0.4, -0.2) is 29.3 Å². The van der Waals surface area contributed by atoms with Gasteiger partial charge in [0.1, 0.15) is 0 Å². The number of allylic oxidation sites excluding steroid dienone is 2. The van der Waals surface area contributed by atoms with Gasteiger partial charge in [-0.2, -0.15) is 0 Å². The molecule has 0 aliphatic rings. The molecule has 3 heterocycles. The fourth-order valence-electron chi connectivity index (χ4n) is 3.37. The third-order valence-electron chi connectivity index (χ3n) is 4.74. The molecule has 0 aromatic carbocycles. The SMILES string of the molecule is C=CC=[CH][Mn][C](n1ccc(CCC)n1)(n1ccc(CCC)n1)n1ccc(CCC)n1. The zero-order valence-corrected chi connectivity index (χ0v) is 19.4. The van der Waals surface area contributed by atoms with Gasteiger partial charge in [-0.3, -0.25) is 0 Å². The second-order valence-electron chi connectivity index (χ2n) is 7.22. The number of aryl methyl sites for hydroxylation is 3. The van der Waals surface area contributed by atoms with E-state index in [-0.39, 0.29) is 15.0 Å². The minimum atomic E-state index is -0.701. The molecule has 3 aromatic rings. The van der Waals surface area contributed by atoms with E-state index in [0.717, 1.165) is 55.6 Å². The summed E-state index contributed by atoms with van der Waals surface area (Å²) < 4.78 is 5.37. The molecule has 3 aromatic heterocycles. The third-order valence-corrected chi connectivity index (χ3v) is 6.44. The molecule has 0 amide bonds. The molecule has 0 radical (unpaired) electrons. The molecule has 0 aliphatic carbocycles. The number of hydrogen-bond donors (Lipinski definition) is 0. The zero-order chi connectivity index (χ0) is 21.4. The first-order chi connectivity index (χ1) is 14.7. The summed E-state index contributed by atoms with van der Waals surface area (Å²) in [7, 11) is 0. The van der Waals surface area contributed by atoms with E-state index in [2.05, 4.69) is 69.1 Å². The van der Waals surface area contributed by atoms with Crippen LogP contribution in [-0.2, 0) is 38.9 Å². The Morgan fingerprint density at radius 2 is 1.20 bits per heavy atom. The molecular formula is C23H32MnN6. The second kappa shape index (κ2) is 10.6. The van der Waals surface area contributed by atoms with Gasteiger partial charge in [0, 0.05) is 0 Å². The van der Waals surface area contributed by atoms with Crippen LogP contribution in [0.5, 0.6) is 0 Å². The molecule has 3 rings (SSSR count). The van der Waals surface area contributed by atoms with Gasteiger partial charge in [0.05, 0.1) is 0 Å². The molecule has 0 aliphatic heterocycles. The summed E-state index contributed by atoms with van der Waals surface area (Å²) >= 11 is 0.289. The molecule has 0 N–H and O–H groups in total. The maximum absolute atomic E-state index is 4.96. The monoisotopic (exact) mass is 447 g/mol. The van der Waals surface area contributed by atoms with Crippen LogP contribution in [0, 0.1) is 0 Å². The number of aromatic nitrogens is 6. The van der Waals surface area contributed by atoms with Crippen molar-refractivity contribution in [1.82, 2.24) is 29.3 Å². The van der Waals surface area contributed by atoms with Crippen LogP contribution < -0.4 is 0 Å². The third kappa shape index (κ3) is 4.68. The van der Waals surface area contributed by atoms with E-state index in [4.69, 9.17) is 15.3 Å². The summed E-state index contributed by atoms with van der Waals surface area (Å²) in [6, 6.07) is 6.31. The second-order valence-corrected chi connectivity index (χ2v) is 8.75. The molecule has 30 heavy (non-hydrogen) atoms. The Balaban J connectivity index is 2.19. The van der Waals surface area contributed by atoms with Crippen LogP contribution in [0.3, 0.4) is 0 Å². The van der Waals surface area contributed by atoms with Crippen molar-refractivity contribution in [2.45, 2.75) is 64.0 Å². The van der Waals surface area contributed by atoms with Gasteiger partial charge in [0.15, 0.2) is 0 Å². The van der Waals surface area contributed by atoms with Crippen molar-refractivity contribution in [3.05, 3.63) is 77.6 Å². The first-order valence-corrected chi connectivity index (χ1v) is 12.0. The molecule has 6 nitrogen and oxygen atoms in total. The molecule has 0 unspecified atom stereocenters. The molecule has 7 heteroatoms. The molecular weight excluding hydrogens is 415 g/mol. The minimum absolute atomic E-state index is 0.289. The van der Waals surface area contributed by atoms with Crippen LogP contribution in [0.15, 0.2) is 60.5 Å². The van der Waals surface area contributed by atoms with Gasteiger partial charge in [-0.15, -0.1) is 0 Å². The van der Waals surface area contributed by atoms with E-state index in [1.165, 1.54) is 0 Å². The number of rotatable bonds is 12. The summed E-state index contributed by atoms with van der Waals surface area (Å²) in [5.74, 6) is 0. The Morgan fingerprint density at radius 1 is 0.800 bits per heavy atom. The van der Waals surface area contributed by atoms with Gasteiger partial charge in [-0.25, -0.2) is 0 Å². The van der Waals surface area contributed by atoms with Gasteiger partial charge < -0.3 is 0 Å². The van der Waals surface area contributed by atoms with E-state index in [1.54, 1.807) is 6.08 Å². The normalized spacial score (nSPS) is 12.1. The first kappa shape index (κ1) is 22.3. The molecule has 0 saturated carbocycles. The molecule has 161 valence electrons. The molecule has 0 bridgehead atoms. The average molecular weight is 447 g/mol.